The van der Waals surface area contributed by atoms with Crippen molar-refractivity contribution >= 4 is 11.8 Å². The molecule has 0 aliphatic heterocycles. The second-order valence-electron chi connectivity index (χ2n) is 3.65. The number of rotatable bonds is 7. The lowest BCUT2D eigenvalue weighted by molar-refractivity contribution is 0.414. The Balaban J connectivity index is 2.37. The standard InChI is InChI=1S/C13H21NOS/c1-4-16-10-9-14-11(2)12-5-7-13(15-3)8-6-12/h5-8,11,14H,4,9-10H2,1-3H3. The molecule has 2 nitrogen and oxygen atoms in total. The molecule has 0 aliphatic rings. The second-order valence-corrected chi connectivity index (χ2v) is 5.04. The minimum absolute atomic E-state index is 0.406. The van der Waals surface area contributed by atoms with Gasteiger partial charge in [0.2, 0.25) is 0 Å². The van der Waals surface area contributed by atoms with E-state index < -0.39 is 0 Å². The number of hydrogen-bond acceptors (Lipinski definition) is 3. The van der Waals surface area contributed by atoms with Crippen LogP contribution in [0.1, 0.15) is 25.5 Å². The lowest BCUT2D eigenvalue weighted by Gasteiger charge is -2.14. The van der Waals surface area contributed by atoms with Crippen molar-refractivity contribution in [2.45, 2.75) is 19.9 Å². The van der Waals surface area contributed by atoms with Crippen LogP contribution in [0.2, 0.25) is 0 Å². The Hall–Kier alpha value is -0.670. The molecule has 1 N–H and O–H groups in total. The first-order valence-corrected chi connectivity index (χ1v) is 6.88. The van der Waals surface area contributed by atoms with Crippen LogP contribution in [0.3, 0.4) is 0 Å². The predicted octanol–water partition coefficient (Wildman–Crippen LogP) is 3.10. The zero-order valence-corrected chi connectivity index (χ0v) is 11.1. The molecule has 1 aromatic carbocycles. The van der Waals surface area contributed by atoms with Crippen LogP contribution < -0.4 is 10.1 Å². The highest BCUT2D eigenvalue weighted by Gasteiger charge is 2.03. The lowest BCUT2D eigenvalue weighted by atomic mass is 10.1. The molecule has 0 spiro atoms. The van der Waals surface area contributed by atoms with Crippen molar-refractivity contribution in [3.63, 3.8) is 0 Å². The van der Waals surface area contributed by atoms with Crippen molar-refractivity contribution in [1.29, 1.82) is 0 Å². The number of methoxy groups -OCH3 is 1. The summed E-state index contributed by atoms with van der Waals surface area (Å²) >= 11 is 1.97. The van der Waals surface area contributed by atoms with Gasteiger partial charge in [0, 0.05) is 18.3 Å². The van der Waals surface area contributed by atoms with Gasteiger partial charge >= 0.3 is 0 Å². The van der Waals surface area contributed by atoms with Gasteiger partial charge in [0.25, 0.3) is 0 Å². The summed E-state index contributed by atoms with van der Waals surface area (Å²) < 4.78 is 5.14. The Morgan fingerprint density at radius 3 is 2.56 bits per heavy atom. The molecule has 1 unspecified atom stereocenters. The van der Waals surface area contributed by atoms with Crippen LogP contribution in [-0.4, -0.2) is 25.2 Å². The fraction of sp³-hybridized carbons (Fsp3) is 0.538. The van der Waals surface area contributed by atoms with Gasteiger partial charge in [-0.2, -0.15) is 11.8 Å². The molecule has 3 heteroatoms. The van der Waals surface area contributed by atoms with E-state index in [2.05, 4.69) is 31.3 Å². The Kier molecular flexibility index (Phi) is 6.34. The van der Waals surface area contributed by atoms with Crippen molar-refractivity contribution in [2.24, 2.45) is 0 Å². The van der Waals surface area contributed by atoms with Crippen LogP contribution in [0.25, 0.3) is 0 Å². The summed E-state index contributed by atoms with van der Waals surface area (Å²) in [6, 6.07) is 8.65. The van der Waals surface area contributed by atoms with Gasteiger partial charge in [-0.05, 0) is 30.4 Å². The Bertz CT molecular complexity index is 286. The van der Waals surface area contributed by atoms with Gasteiger partial charge in [0.05, 0.1) is 7.11 Å². The smallest absolute Gasteiger partial charge is 0.118 e. The molecule has 1 atom stereocenters. The zero-order valence-electron chi connectivity index (χ0n) is 10.3. The van der Waals surface area contributed by atoms with Gasteiger partial charge in [-0.25, -0.2) is 0 Å². The van der Waals surface area contributed by atoms with E-state index in [1.165, 1.54) is 17.1 Å². The highest BCUT2D eigenvalue weighted by molar-refractivity contribution is 7.99. The molecule has 1 aromatic rings. The maximum absolute atomic E-state index is 5.14. The maximum Gasteiger partial charge on any atom is 0.118 e. The first-order valence-electron chi connectivity index (χ1n) is 5.73. The molecule has 0 aliphatic carbocycles. The van der Waals surface area contributed by atoms with Crippen LogP contribution in [0, 0.1) is 0 Å². The fourth-order valence-corrected chi connectivity index (χ4v) is 2.05. The third-order valence-corrected chi connectivity index (χ3v) is 3.42. The summed E-state index contributed by atoms with van der Waals surface area (Å²) in [7, 11) is 1.69. The van der Waals surface area contributed by atoms with E-state index in [0.717, 1.165) is 12.3 Å². The van der Waals surface area contributed by atoms with Crippen molar-refractivity contribution in [1.82, 2.24) is 5.32 Å². The minimum Gasteiger partial charge on any atom is -0.497 e. The molecular formula is C13H21NOS. The zero-order chi connectivity index (χ0) is 11.8. The van der Waals surface area contributed by atoms with Crippen LogP contribution in [0.5, 0.6) is 5.75 Å². The molecule has 0 amide bonds. The van der Waals surface area contributed by atoms with Crippen molar-refractivity contribution in [3.05, 3.63) is 29.8 Å². The van der Waals surface area contributed by atoms with E-state index in [-0.39, 0.29) is 0 Å². The highest BCUT2D eigenvalue weighted by atomic mass is 32.2. The summed E-state index contributed by atoms with van der Waals surface area (Å²) in [4.78, 5) is 0. The van der Waals surface area contributed by atoms with Crippen molar-refractivity contribution in [2.75, 3.05) is 25.2 Å². The molecule has 90 valence electrons. The number of nitrogens with one attached hydrogen (secondary N) is 1. The second kappa shape index (κ2) is 7.58. The van der Waals surface area contributed by atoms with E-state index in [4.69, 9.17) is 4.74 Å². The number of hydrogen-bond donors (Lipinski definition) is 1. The molecule has 0 saturated carbocycles. The van der Waals surface area contributed by atoms with Crippen molar-refractivity contribution < 1.29 is 4.74 Å². The fourth-order valence-electron chi connectivity index (χ4n) is 1.50. The molecule has 0 radical (unpaired) electrons. The molecular weight excluding hydrogens is 218 g/mol. The normalized spacial score (nSPS) is 12.4. The average molecular weight is 239 g/mol. The van der Waals surface area contributed by atoms with E-state index in [9.17, 15) is 0 Å². The van der Waals surface area contributed by atoms with Crippen LogP contribution >= 0.6 is 11.8 Å². The molecule has 0 bridgehead atoms. The topological polar surface area (TPSA) is 21.3 Å². The number of ether oxygens (including phenoxy) is 1. The molecule has 0 saturated heterocycles. The Morgan fingerprint density at radius 2 is 2.00 bits per heavy atom. The average Bonchev–Trinajstić information content (AvgIpc) is 2.34. The summed E-state index contributed by atoms with van der Waals surface area (Å²) in [6.07, 6.45) is 0. The minimum atomic E-state index is 0.406. The van der Waals surface area contributed by atoms with E-state index >= 15 is 0 Å². The predicted molar refractivity (Wildman–Crippen MR) is 72.4 cm³/mol. The van der Waals surface area contributed by atoms with Gasteiger partial charge < -0.3 is 10.1 Å². The van der Waals surface area contributed by atoms with Gasteiger partial charge in [-0.15, -0.1) is 0 Å². The molecule has 0 aromatic heterocycles. The summed E-state index contributed by atoms with van der Waals surface area (Å²) in [6.45, 7) is 5.45. The van der Waals surface area contributed by atoms with Gasteiger partial charge in [0.1, 0.15) is 5.75 Å². The summed E-state index contributed by atoms with van der Waals surface area (Å²) in [5, 5.41) is 3.51. The summed E-state index contributed by atoms with van der Waals surface area (Å²) in [5.41, 5.74) is 1.31. The highest BCUT2D eigenvalue weighted by Crippen LogP contribution is 2.17. The molecule has 0 fully saturated rings. The SMILES string of the molecule is CCSCCNC(C)c1ccc(OC)cc1. The van der Waals surface area contributed by atoms with Gasteiger partial charge in [0.15, 0.2) is 0 Å². The molecule has 0 heterocycles. The Labute approximate surface area is 103 Å². The van der Waals surface area contributed by atoms with Gasteiger partial charge in [-0.3, -0.25) is 0 Å². The molecule has 1 rings (SSSR count). The van der Waals surface area contributed by atoms with Crippen LogP contribution in [-0.2, 0) is 0 Å². The lowest BCUT2D eigenvalue weighted by Crippen LogP contribution is -2.21. The first kappa shape index (κ1) is 13.4. The first-order chi connectivity index (χ1) is 7.77. The monoisotopic (exact) mass is 239 g/mol. The number of thioether (sulfide) groups is 1. The maximum atomic E-state index is 5.14. The van der Waals surface area contributed by atoms with Gasteiger partial charge in [-0.1, -0.05) is 19.1 Å². The van der Waals surface area contributed by atoms with E-state index in [1.807, 2.05) is 23.9 Å². The third-order valence-electron chi connectivity index (χ3n) is 2.52. The third kappa shape index (κ3) is 4.45. The largest absolute Gasteiger partial charge is 0.497 e. The van der Waals surface area contributed by atoms with Crippen molar-refractivity contribution in [3.8, 4) is 5.75 Å². The quantitative estimate of drug-likeness (QED) is 0.739. The van der Waals surface area contributed by atoms with E-state index in [0.29, 0.717) is 6.04 Å². The molecule has 16 heavy (non-hydrogen) atoms. The Morgan fingerprint density at radius 1 is 1.31 bits per heavy atom. The van der Waals surface area contributed by atoms with E-state index in [1.54, 1.807) is 7.11 Å². The van der Waals surface area contributed by atoms with Crippen LogP contribution in [0.4, 0.5) is 0 Å². The number of benzene rings is 1. The summed E-state index contributed by atoms with van der Waals surface area (Å²) in [5.74, 6) is 3.28. The van der Waals surface area contributed by atoms with Crippen LogP contribution in [0.15, 0.2) is 24.3 Å².